The van der Waals surface area contributed by atoms with Crippen molar-refractivity contribution in [3.05, 3.63) is 0 Å². The molecule has 3 nitrogen and oxygen atoms in total. The van der Waals surface area contributed by atoms with E-state index < -0.39 is 0 Å². The normalized spacial score (nSPS) is 14.3. The minimum Gasteiger partial charge on any atom is -0.412 e. The van der Waals surface area contributed by atoms with Gasteiger partial charge in [-0.3, -0.25) is 0 Å². The maximum absolute atomic E-state index is 9.17. The van der Waals surface area contributed by atoms with E-state index in [-0.39, 0.29) is 11.7 Å². The van der Waals surface area contributed by atoms with E-state index in [9.17, 15) is 0 Å². The number of rotatable bonds is 2. The summed E-state index contributed by atoms with van der Waals surface area (Å²) in [5.41, 5.74) is 0. The van der Waals surface area contributed by atoms with Gasteiger partial charge in [-0.05, 0) is 0 Å². The van der Waals surface area contributed by atoms with Gasteiger partial charge in [-0.2, -0.15) is 0 Å². The highest BCUT2D eigenvalue weighted by molar-refractivity contribution is 4.30. The molecular formula is C6H18NO2+. The van der Waals surface area contributed by atoms with Crippen LogP contribution < -0.4 is 0 Å². The van der Waals surface area contributed by atoms with Gasteiger partial charge < -0.3 is 15.1 Å². The molecule has 0 aromatic heterocycles. The van der Waals surface area contributed by atoms with E-state index in [1.807, 2.05) is 28.1 Å². The molecule has 9 heavy (non-hydrogen) atoms. The highest BCUT2D eigenvalue weighted by atomic mass is 16.3. The van der Waals surface area contributed by atoms with Gasteiger partial charge in [0.05, 0.1) is 21.1 Å². The van der Waals surface area contributed by atoms with Crippen LogP contribution in [0.1, 0.15) is 13.3 Å². The first-order chi connectivity index (χ1) is 3.48. The maximum atomic E-state index is 9.17. The van der Waals surface area contributed by atoms with Crippen LogP contribution in [0.15, 0.2) is 0 Å². The SMILES string of the molecule is CCC(O)[N+](C)(C)C.O. The summed E-state index contributed by atoms with van der Waals surface area (Å²) in [6, 6.07) is 0. The van der Waals surface area contributed by atoms with Gasteiger partial charge in [-0.15, -0.1) is 0 Å². The molecule has 0 amide bonds. The lowest BCUT2D eigenvalue weighted by atomic mass is 10.4. The Balaban J connectivity index is 0. The zero-order valence-electron chi connectivity index (χ0n) is 6.68. The minimum atomic E-state index is -0.213. The van der Waals surface area contributed by atoms with Crippen LogP contribution in [-0.2, 0) is 0 Å². The number of quaternary nitrogens is 1. The van der Waals surface area contributed by atoms with E-state index in [4.69, 9.17) is 5.11 Å². The van der Waals surface area contributed by atoms with Crippen LogP contribution in [0, 0.1) is 0 Å². The Kier molecular flexibility index (Phi) is 4.95. The quantitative estimate of drug-likeness (QED) is 0.407. The molecule has 3 heteroatoms. The van der Waals surface area contributed by atoms with E-state index in [0.717, 1.165) is 6.42 Å². The van der Waals surface area contributed by atoms with Gasteiger partial charge in [0.1, 0.15) is 0 Å². The molecule has 1 atom stereocenters. The third kappa shape index (κ3) is 4.39. The van der Waals surface area contributed by atoms with Crippen molar-refractivity contribution in [1.82, 2.24) is 0 Å². The fraction of sp³-hybridized carbons (Fsp3) is 1.00. The smallest absolute Gasteiger partial charge is 0.189 e. The first kappa shape index (κ1) is 11.6. The molecule has 0 bridgehead atoms. The van der Waals surface area contributed by atoms with Gasteiger partial charge in [0.2, 0.25) is 0 Å². The van der Waals surface area contributed by atoms with Gasteiger partial charge in [0.25, 0.3) is 0 Å². The Bertz CT molecular complexity index is 67.9. The van der Waals surface area contributed by atoms with Crippen LogP contribution >= 0.6 is 0 Å². The Labute approximate surface area is 56.8 Å². The van der Waals surface area contributed by atoms with Gasteiger partial charge >= 0.3 is 0 Å². The molecule has 0 saturated heterocycles. The Hall–Kier alpha value is -0.120. The summed E-state index contributed by atoms with van der Waals surface area (Å²) < 4.78 is 0.635. The standard InChI is InChI=1S/C6H16NO.H2O/c1-5-6(8)7(2,3)4;/h6,8H,5H2,1-4H3;1H2/q+1;. The predicted octanol–water partition coefficient (Wildman–Crippen LogP) is -0.404. The summed E-state index contributed by atoms with van der Waals surface area (Å²) >= 11 is 0. The third-order valence-electron chi connectivity index (χ3n) is 1.26. The number of nitrogens with zero attached hydrogens (tertiary/aromatic N) is 1. The summed E-state index contributed by atoms with van der Waals surface area (Å²) in [7, 11) is 5.94. The summed E-state index contributed by atoms with van der Waals surface area (Å²) in [4.78, 5) is 0. The maximum Gasteiger partial charge on any atom is 0.189 e. The largest absolute Gasteiger partial charge is 0.412 e. The Morgan fingerprint density at radius 1 is 1.33 bits per heavy atom. The van der Waals surface area contributed by atoms with Crippen LogP contribution in [0.2, 0.25) is 0 Å². The molecule has 0 aromatic carbocycles. The second-order valence-electron chi connectivity index (χ2n) is 3.01. The number of hydrogen-bond acceptors (Lipinski definition) is 1. The molecule has 0 fully saturated rings. The highest BCUT2D eigenvalue weighted by Crippen LogP contribution is 2.01. The fourth-order valence-electron chi connectivity index (χ4n) is 0.548. The number of aliphatic hydroxyl groups excluding tert-OH is 1. The molecule has 0 saturated carbocycles. The minimum absolute atomic E-state index is 0. The van der Waals surface area contributed by atoms with Gasteiger partial charge in [0, 0.05) is 6.42 Å². The average molecular weight is 136 g/mol. The summed E-state index contributed by atoms with van der Waals surface area (Å²) in [6.07, 6.45) is 0.610. The van der Waals surface area contributed by atoms with E-state index >= 15 is 0 Å². The van der Waals surface area contributed by atoms with E-state index in [0.29, 0.717) is 4.48 Å². The molecule has 0 spiro atoms. The molecule has 0 radical (unpaired) electrons. The molecule has 58 valence electrons. The van der Waals surface area contributed by atoms with Crippen molar-refractivity contribution >= 4 is 0 Å². The topological polar surface area (TPSA) is 51.7 Å². The van der Waals surface area contributed by atoms with Crippen LogP contribution in [-0.4, -0.2) is 42.4 Å². The van der Waals surface area contributed by atoms with Gasteiger partial charge in [-0.25, -0.2) is 0 Å². The van der Waals surface area contributed by atoms with Crippen molar-refractivity contribution in [3.63, 3.8) is 0 Å². The van der Waals surface area contributed by atoms with E-state index in [1.54, 1.807) is 0 Å². The first-order valence-electron chi connectivity index (χ1n) is 2.97. The van der Waals surface area contributed by atoms with Crippen molar-refractivity contribution < 1.29 is 15.1 Å². The molecule has 3 N–H and O–H groups in total. The highest BCUT2D eigenvalue weighted by Gasteiger charge is 2.16. The van der Waals surface area contributed by atoms with Crippen molar-refractivity contribution in [2.24, 2.45) is 0 Å². The lowest BCUT2D eigenvalue weighted by molar-refractivity contribution is -0.918. The van der Waals surface area contributed by atoms with E-state index in [1.165, 1.54) is 0 Å². The molecule has 0 aliphatic heterocycles. The van der Waals surface area contributed by atoms with Crippen molar-refractivity contribution in [2.75, 3.05) is 21.1 Å². The van der Waals surface area contributed by atoms with Crippen molar-refractivity contribution in [3.8, 4) is 0 Å². The summed E-state index contributed by atoms with van der Waals surface area (Å²) in [5, 5.41) is 9.17. The second-order valence-corrected chi connectivity index (χ2v) is 3.01. The van der Waals surface area contributed by atoms with Crippen molar-refractivity contribution in [1.29, 1.82) is 0 Å². The zero-order chi connectivity index (χ0) is 6.78. The van der Waals surface area contributed by atoms with Crippen LogP contribution in [0.3, 0.4) is 0 Å². The van der Waals surface area contributed by atoms with Gasteiger partial charge in [0.15, 0.2) is 6.23 Å². The Morgan fingerprint density at radius 3 is 1.67 bits per heavy atom. The van der Waals surface area contributed by atoms with Crippen LogP contribution in [0.4, 0.5) is 0 Å². The fourth-order valence-corrected chi connectivity index (χ4v) is 0.548. The first-order valence-corrected chi connectivity index (χ1v) is 2.97. The number of aliphatic hydroxyl groups is 1. The van der Waals surface area contributed by atoms with Crippen LogP contribution in [0.5, 0.6) is 0 Å². The van der Waals surface area contributed by atoms with Gasteiger partial charge in [-0.1, -0.05) is 6.92 Å². The Morgan fingerprint density at radius 2 is 1.67 bits per heavy atom. The predicted molar refractivity (Wildman–Crippen MR) is 37.9 cm³/mol. The molecule has 0 rings (SSSR count). The molecule has 0 heterocycles. The monoisotopic (exact) mass is 136 g/mol. The molecular weight excluding hydrogens is 118 g/mol. The third-order valence-corrected chi connectivity index (χ3v) is 1.26. The molecule has 0 aromatic rings. The molecule has 0 aliphatic rings. The molecule has 0 aliphatic carbocycles. The number of hydrogen-bond donors (Lipinski definition) is 1. The molecule has 1 unspecified atom stereocenters. The summed E-state index contributed by atoms with van der Waals surface area (Å²) in [5.74, 6) is 0. The lowest BCUT2D eigenvalue weighted by Crippen LogP contribution is -2.44. The average Bonchev–Trinajstić information content (AvgIpc) is 1.62. The zero-order valence-corrected chi connectivity index (χ0v) is 6.68. The van der Waals surface area contributed by atoms with Crippen molar-refractivity contribution in [2.45, 2.75) is 19.6 Å². The summed E-state index contributed by atoms with van der Waals surface area (Å²) in [6.45, 7) is 1.98. The lowest BCUT2D eigenvalue weighted by Gasteiger charge is -2.28. The van der Waals surface area contributed by atoms with Crippen LogP contribution in [0.25, 0.3) is 0 Å². The second kappa shape index (κ2) is 3.82. The van der Waals surface area contributed by atoms with E-state index in [2.05, 4.69) is 0 Å².